The first kappa shape index (κ1) is 9.79. The van der Waals surface area contributed by atoms with Crippen LogP contribution in [0.25, 0.3) is 0 Å². The summed E-state index contributed by atoms with van der Waals surface area (Å²) in [5.74, 6) is -1.55. The predicted octanol–water partition coefficient (Wildman–Crippen LogP) is 1.77. The molecule has 1 heterocycles. The van der Waals surface area contributed by atoms with Crippen LogP contribution in [0.5, 0.6) is 0 Å². The fraction of sp³-hybridized carbons (Fsp3) is 0.100. The van der Waals surface area contributed by atoms with Gasteiger partial charge in [0.2, 0.25) is 0 Å². The van der Waals surface area contributed by atoms with Crippen molar-refractivity contribution in [3.8, 4) is 0 Å². The monoisotopic (exact) mass is 210 g/mol. The minimum atomic E-state index is -1.34. The third-order valence-electron chi connectivity index (χ3n) is 2.11. The fourth-order valence-electron chi connectivity index (χ4n) is 1.35. The van der Waals surface area contributed by atoms with Crippen LogP contribution in [0.1, 0.15) is 17.2 Å². The van der Waals surface area contributed by atoms with E-state index in [1.165, 1.54) is 18.5 Å². The van der Waals surface area contributed by atoms with E-state index < -0.39 is 17.7 Å². The minimum Gasteiger partial charge on any atom is -0.383 e. The minimum absolute atomic E-state index is 0.319. The van der Waals surface area contributed by atoms with Gasteiger partial charge in [0.1, 0.15) is 17.7 Å². The first-order valence-electron chi connectivity index (χ1n) is 4.31. The summed E-state index contributed by atoms with van der Waals surface area (Å²) in [6, 6.07) is 3.44. The highest BCUT2D eigenvalue weighted by molar-refractivity contribution is 5.29. The second kappa shape index (κ2) is 3.78. The van der Waals surface area contributed by atoms with Crippen molar-refractivity contribution < 1.29 is 13.9 Å². The van der Waals surface area contributed by atoms with Crippen molar-refractivity contribution in [3.63, 3.8) is 0 Å². The van der Waals surface area contributed by atoms with Crippen LogP contribution in [0.15, 0.2) is 30.6 Å². The van der Waals surface area contributed by atoms with Gasteiger partial charge in [-0.2, -0.15) is 5.10 Å². The molecule has 1 atom stereocenters. The van der Waals surface area contributed by atoms with Crippen molar-refractivity contribution in [3.05, 3.63) is 53.4 Å². The van der Waals surface area contributed by atoms with Crippen molar-refractivity contribution in [2.24, 2.45) is 0 Å². The number of aromatic nitrogens is 2. The lowest BCUT2D eigenvalue weighted by Gasteiger charge is -2.10. The van der Waals surface area contributed by atoms with E-state index in [-0.39, 0.29) is 5.56 Å². The number of rotatable bonds is 2. The van der Waals surface area contributed by atoms with Crippen molar-refractivity contribution in [2.75, 3.05) is 0 Å². The van der Waals surface area contributed by atoms with Crippen LogP contribution in [0.3, 0.4) is 0 Å². The number of aromatic amines is 1. The average Bonchev–Trinajstić information content (AvgIpc) is 2.69. The van der Waals surface area contributed by atoms with Crippen LogP contribution < -0.4 is 0 Å². The summed E-state index contributed by atoms with van der Waals surface area (Å²) in [6.45, 7) is 0. The first-order valence-corrected chi connectivity index (χ1v) is 4.31. The zero-order valence-electron chi connectivity index (χ0n) is 7.61. The topological polar surface area (TPSA) is 48.9 Å². The highest BCUT2D eigenvalue weighted by Crippen LogP contribution is 2.25. The molecule has 1 aromatic carbocycles. The lowest BCUT2D eigenvalue weighted by molar-refractivity contribution is 0.209. The molecular weight excluding hydrogens is 202 g/mol. The van der Waals surface area contributed by atoms with Gasteiger partial charge in [0.05, 0.1) is 11.8 Å². The van der Waals surface area contributed by atoms with Gasteiger partial charge in [0.15, 0.2) is 0 Å². The van der Waals surface area contributed by atoms with Gasteiger partial charge in [-0.3, -0.25) is 5.10 Å². The van der Waals surface area contributed by atoms with Crippen LogP contribution in [-0.4, -0.2) is 15.3 Å². The van der Waals surface area contributed by atoms with Crippen LogP contribution in [0.2, 0.25) is 0 Å². The maximum atomic E-state index is 13.3. The van der Waals surface area contributed by atoms with E-state index in [0.29, 0.717) is 5.56 Å². The molecule has 3 nitrogen and oxygen atoms in total. The normalized spacial score (nSPS) is 12.7. The standard InChI is InChI=1S/C10H8F2N2O/c11-7-2-1-3-8(12)9(7)10(15)6-4-13-14-5-6/h1-5,10,15H,(H,13,14). The Morgan fingerprint density at radius 3 is 2.47 bits per heavy atom. The molecule has 1 unspecified atom stereocenters. The summed E-state index contributed by atoms with van der Waals surface area (Å²) in [4.78, 5) is 0. The third kappa shape index (κ3) is 1.73. The van der Waals surface area contributed by atoms with Gasteiger partial charge in [0, 0.05) is 11.8 Å². The second-order valence-corrected chi connectivity index (χ2v) is 3.07. The number of hydrogen-bond acceptors (Lipinski definition) is 2. The Morgan fingerprint density at radius 1 is 1.27 bits per heavy atom. The van der Waals surface area contributed by atoms with E-state index in [9.17, 15) is 13.9 Å². The number of benzene rings is 1. The molecule has 0 saturated heterocycles. The summed E-state index contributed by atoms with van der Waals surface area (Å²) in [5.41, 5.74) is -0.0436. The van der Waals surface area contributed by atoms with Crippen LogP contribution >= 0.6 is 0 Å². The Balaban J connectivity index is 2.46. The van der Waals surface area contributed by atoms with Crippen molar-refractivity contribution in [1.29, 1.82) is 0 Å². The van der Waals surface area contributed by atoms with Gasteiger partial charge in [-0.25, -0.2) is 8.78 Å². The number of nitrogens with one attached hydrogen (secondary N) is 1. The molecule has 0 amide bonds. The molecule has 5 heteroatoms. The largest absolute Gasteiger partial charge is 0.383 e. The van der Waals surface area contributed by atoms with Gasteiger partial charge in [-0.15, -0.1) is 0 Å². The zero-order chi connectivity index (χ0) is 10.8. The Morgan fingerprint density at radius 2 is 1.93 bits per heavy atom. The second-order valence-electron chi connectivity index (χ2n) is 3.07. The van der Waals surface area contributed by atoms with E-state index >= 15 is 0 Å². The van der Waals surface area contributed by atoms with E-state index in [0.717, 1.165) is 12.1 Å². The fourth-order valence-corrected chi connectivity index (χ4v) is 1.35. The van der Waals surface area contributed by atoms with E-state index in [1.54, 1.807) is 0 Å². The van der Waals surface area contributed by atoms with Gasteiger partial charge in [-0.05, 0) is 12.1 Å². The van der Waals surface area contributed by atoms with E-state index in [2.05, 4.69) is 10.2 Å². The highest BCUT2D eigenvalue weighted by atomic mass is 19.1. The molecule has 0 aliphatic heterocycles. The first-order chi connectivity index (χ1) is 7.20. The number of aliphatic hydroxyl groups excluding tert-OH is 1. The summed E-state index contributed by atoms with van der Waals surface area (Å²) >= 11 is 0. The number of aliphatic hydroxyl groups is 1. The van der Waals surface area contributed by atoms with E-state index in [4.69, 9.17) is 0 Å². The SMILES string of the molecule is OC(c1cn[nH]c1)c1c(F)cccc1F. The zero-order valence-corrected chi connectivity index (χ0v) is 7.61. The lowest BCUT2D eigenvalue weighted by Crippen LogP contribution is -2.04. The van der Waals surface area contributed by atoms with Gasteiger partial charge in [-0.1, -0.05) is 6.07 Å². The summed E-state index contributed by atoms with van der Waals surface area (Å²) in [6.07, 6.45) is 1.36. The third-order valence-corrected chi connectivity index (χ3v) is 2.11. The summed E-state index contributed by atoms with van der Waals surface area (Å²) in [5, 5.41) is 15.8. The quantitative estimate of drug-likeness (QED) is 0.793. The highest BCUT2D eigenvalue weighted by Gasteiger charge is 2.19. The molecule has 0 fully saturated rings. The number of halogens is 2. The number of nitrogens with zero attached hydrogens (tertiary/aromatic N) is 1. The van der Waals surface area contributed by atoms with Gasteiger partial charge >= 0.3 is 0 Å². The van der Waals surface area contributed by atoms with Gasteiger partial charge in [0.25, 0.3) is 0 Å². The average molecular weight is 210 g/mol. The Hall–Kier alpha value is -1.75. The molecule has 0 spiro atoms. The summed E-state index contributed by atoms with van der Waals surface area (Å²) in [7, 11) is 0. The molecule has 2 rings (SSSR count). The molecule has 1 aromatic heterocycles. The van der Waals surface area contributed by atoms with E-state index in [1.807, 2.05) is 0 Å². The Bertz CT molecular complexity index is 436. The maximum Gasteiger partial charge on any atom is 0.132 e. The van der Waals surface area contributed by atoms with Crippen molar-refractivity contribution in [2.45, 2.75) is 6.10 Å². The summed E-state index contributed by atoms with van der Waals surface area (Å²) < 4.78 is 26.5. The smallest absolute Gasteiger partial charge is 0.132 e. The molecule has 15 heavy (non-hydrogen) atoms. The molecular formula is C10H8F2N2O. The van der Waals surface area contributed by atoms with Crippen molar-refractivity contribution in [1.82, 2.24) is 10.2 Å². The van der Waals surface area contributed by atoms with Crippen LogP contribution in [0, 0.1) is 11.6 Å². The van der Waals surface area contributed by atoms with Crippen LogP contribution in [-0.2, 0) is 0 Å². The Kier molecular flexibility index (Phi) is 2.47. The maximum absolute atomic E-state index is 13.3. The molecule has 0 aliphatic carbocycles. The molecule has 2 aromatic rings. The van der Waals surface area contributed by atoms with Crippen molar-refractivity contribution >= 4 is 0 Å². The molecule has 0 radical (unpaired) electrons. The van der Waals surface area contributed by atoms with Crippen LogP contribution in [0.4, 0.5) is 8.78 Å². The van der Waals surface area contributed by atoms with Gasteiger partial charge < -0.3 is 5.11 Å². The number of H-pyrrole nitrogens is 1. The molecule has 0 aliphatic rings. The predicted molar refractivity (Wildman–Crippen MR) is 49.0 cm³/mol. The molecule has 2 N–H and O–H groups in total. The molecule has 0 saturated carbocycles. The lowest BCUT2D eigenvalue weighted by atomic mass is 10.0. The molecule has 78 valence electrons. The molecule has 0 bridgehead atoms. The Labute approximate surface area is 84.4 Å². The number of hydrogen-bond donors (Lipinski definition) is 2.